The van der Waals surface area contributed by atoms with Crippen LogP contribution in [-0.2, 0) is 16.4 Å². The van der Waals surface area contributed by atoms with Crippen molar-refractivity contribution in [1.29, 1.82) is 5.26 Å². The van der Waals surface area contributed by atoms with Gasteiger partial charge in [-0.25, -0.2) is 12.4 Å². The molecule has 0 atom stereocenters. The Bertz CT molecular complexity index is 808. The van der Waals surface area contributed by atoms with Crippen LogP contribution in [0.15, 0.2) is 12.3 Å². The van der Waals surface area contributed by atoms with Gasteiger partial charge in [0.05, 0.1) is 24.3 Å². The summed E-state index contributed by atoms with van der Waals surface area (Å²) in [6, 6.07) is 3.97. The number of rotatable bonds is 2. The lowest BCUT2D eigenvalue weighted by Gasteiger charge is -2.14. The standard InChI is InChI=1S/C14H16N2O2S/c1-9-10(2)13-6-8-16(19(4,17)18)14(13)11(3)12(9)5-7-15/h6,8H,5H2,1-4H3. The van der Waals surface area contributed by atoms with E-state index < -0.39 is 10.0 Å². The molecule has 0 fully saturated rings. The molecule has 0 aliphatic heterocycles. The van der Waals surface area contributed by atoms with Gasteiger partial charge in [0, 0.05) is 11.6 Å². The van der Waals surface area contributed by atoms with Gasteiger partial charge in [0.2, 0.25) is 10.0 Å². The molecule has 0 unspecified atom stereocenters. The van der Waals surface area contributed by atoms with Crippen molar-refractivity contribution in [2.45, 2.75) is 27.2 Å². The molecule has 2 rings (SSSR count). The average molecular weight is 276 g/mol. The molecule has 1 heterocycles. The van der Waals surface area contributed by atoms with E-state index in [1.165, 1.54) is 10.2 Å². The zero-order chi connectivity index (χ0) is 14.4. The number of nitriles is 1. The first kappa shape index (κ1) is 13.6. The van der Waals surface area contributed by atoms with Crippen molar-refractivity contribution in [3.63, 3.8) is 0 Å². The molecule has 100 valence electrons. The van der Waals surface area contributed by atoms with Gasteiger partial charge in [-0.1, -0.05) is 0 Å². The third-order valence-electron chi connectivity index (χ3n) is 3.69. The van der Waals surface area contributed by atoms with Gasteiger partial charge < -0.3 is 0 Å². The zero-order valence-electron chi connectivity index (χ0n) is 11.5. The quantitative estimate of drug-likeness (QED) is 0.846. The summed E-state index contributed by atoms with van der Waals surface area (Å²) >= 11 is 0. The lowest BCUT2D eigenvalue weighted by Crippen LogP contribution is -2.10. The second-order valence-corrected chi connectivity index (χ2v) is 6.68. The van der Waals surface area contributed by atoms with E-state index in [0.717, 1.165) is 27.6 Å². The van der Waals surface area contributed by atoms with Crippen LogP contribution in [-0.4, -0.2) is 18.6 Å². The van der Waals surface area contributed by atoms with E-state index in [1.807, 2.05) is 26.8 Å². The summed E-state index contributed by atoms with van der Waals surface area (Å²) in [5, 5.41) is 9.87. The smallest absolute Gasteiger partial charge is 0.236 e. The van der Waals surface area contributed by atoms with Gasteiger partial charge in [0.1, 0.15) is 0 Å². The van der Waals surface area contributed by atoms with Gasteiger partial charge in [0.15, 0.2) is 0 Å². The second kappa shape index (κ2) is 4.39. The van der Waals surface area contributed by atoms with Crippen LogP contribution in [0, 0.1) is 32.1 Å². The highest BCUT2D eigenvalue weighted by Crippen LogP contribution is 2.31. The van der Waals surface area contributed by atoms with Gasteiger partial charge in [-0.3, -0.25) is 0 Å². The van der Waals surface area contributed by atoms with Crippen LogP contribution in [0.2, 0.25) is 0 Å². The first-order valence-electron chi connectivity index (χ1n) is 5.96. The predicted octanol–water partition coefficient (Wildman–Crippen LogP) is 2.44. The van der Waals surface area contributed by atoms with Crippen molar-refractivity contribution in [3.05, 3.63) is 34.5 Å². The predicted molar refractivity (Wildman–Crippen MR) is 75.7 cm³/mol. The number of hydrogen-bond acceptors (Lipinski definition) is 3. The second-order valence-electron chi connectivity index (χ2n) is 4.83. The van der Waals surface area contributed by atoms with Gasteiger partial charge in [-0.2, -0.15) is 5.26 Å². The third-order valence-corrected chi connectivity index (χ3v) is 4.71. The molecular weight excluding hydrogens is 260 g/mol. The minimum atomic E-state index is -3.34. The Morgan fingerprint density at radius 1 is 1.21 bits per heavy atom. The molecule has 0 aliphatic rings. The summed E-state index contributed by atoms with van der Waals surface area (Å²) < 4.78 is 24.9. The van der Waals surface area contributed by atoms with E-state index in [-0.39, 0.29) is 0 Å². The van der Waals surface area contributed by atoms with Crippen LogP contribution in [0.1, 0.15) is 22.3 Å². The van der Waals surface area contributed by atoms with Crippen LogP contribution in [0.3, 0.4) is 0 Å². The normalized spacial score (nSPS) is 11.7. The molecule has 5 heteroatoms. The number of fused-ring (bicyclic) bond motifs is 1. The minimum absolute atomic E-state index is 0.295. The molecule has 1 aromatic heterocycles. The summed E-state index contributed by atoms with van der Waals surface area (Å²) in [4.78, 5) is 0. The van der Waals surface area contributed by atoms with E-state index in [2.05, 4.69) is 6.07 Å². The van der Waals surface area contributed by atoms with Crippen LogP contribution in [0.5, 0.6) is 0 Å². The SMILES string of the molecule is Cc1c(CC#N)c(C)c2c(ccn2S(C)(=O)=O)c1C. The summed E-state index contributed by atoms with van der Waals surface area (Å²) in [5.41, 5.74) is 4.59. The maximum Gasteiger partial charge on any atom is 0.236 e. The van der Waals surface area contributed by atoms with E-state index in [4.69, 9.17) is 5.26 Å². The molecule has 1 aromatic carbocycles. The highest BCUT2D eigenvalue weighted by atomic mass is 32.2. The molecular formula is C14H16N2O2S. The van der Waals surface area contributed by atoms with Crippen LogP contribution < -0.4 is 0 Å². The maximum absolute atomic E-state index is 11.8. The van der Waals surface area contributed by atoms with Gasteiger partial charge in [-0.05, 0) is 49.1 Å². The van der Waals surface area contributed by atoms with Crippen molar-refractivity contribution in [3.8, 4) is 6.07 Å². The molecule has 0 spiro atoms. The molecule has 4 nitrogen and oxygen atoms in total. The Kier molecular flexibility index (Phi) is 3.15. The van der Waals surface area contributed by atoms with Crippen molar-refractivity contribution < 1.29 is 8.42 Å². The number of nitrogens with zero attached hydrogens (tertiary/aromatic N) is 2. The molecule has 2 aromatic rings. The zero-order valence-corrected chi connectivity index (χ0v) is 12.3. The molecule has 0 saturated heterocycles. The molecule has 0 radical (unpaired) electrons. The average Bonchev–Trinajstić information content (AvgIpc) is 2.76. The third kappa shape index (κ3) is 2.02. The Morgan fingerprint density at radius 2 is 1.84 bits per heavy atom. The van der Waals surface area contributed by atoms with Gasteiger partial charge in [-0.15, -0.1) is 0 Å². The summed E-state index contributed by atoms with van der Waals surface area (Å²) in [5.74, 6) is 0. The summed E-state index contributed by atoms with van der Waals surface area (Å²) in [6.45, 7) is 5.82. The van der Waals surface area contributed by atoms with E-state index in [0.29, 0.717) is 11.9 Å². The lowest BCUT2D eigenvalue weighted by atomic mass is 9.93. The first-order valence-corrected chi connectivity index (χ1v) is 7.81. The fourth-order valence-electron chi connectivity index (χ4n) is 2.56. The van der Waals surface area contributed by atoms with Gasteiger partial charge >= 0.3 is 0 Å². The molecule has 0 amide bonds. The largest absolute Gasteiger partial charge is 0.245 e. The Hall–Kier alpha value is -1.80. The molecule has 0 bridgehead atoms. The monoisotopic (exact) mass is 276 g/mol. The molecule has 19 heavy (non-hydrogen) atoms. The fraction of sp³-hybridized carbons (Fsp3) is 0.357. The molecule has 0 saturated carbocycles. The van der Waals surface area contributed by atoms with Crippen molar-refractivity contribution in [1.82, 2.24) is 3.97 Å². The number of aryl methyl sites for hydroxylation is 2. The topological polar surface area (TPSA) is 62.9 Å². The van der Waals surface area contributed by atoms with E-state index >= 15 is 0 Å². The van der Waals surface area contributed by atoms with Crippen molar-refractivity contribution in [2.24, 2.45) is 0 Å². The van der Waals surface area contributed by atoms with E-state index in [9.17, 15) is 8.42 Å². The lowest BCUT2D eigenvalue weighted by molar-refractivity contribution is 0.595. The van der Waals surface area contributed by atoms with Gasteiger partial charge in [0.25, 0.3) is 0 Å². The highest BCUT2D eigenvalue weighted by Gasteiger charge is 2.18. The Labute approximate surface area is 113 Å². The first-order chi connectivity index (χ1) is 8.79. The van der Waals surface area contributed by atoms with Crippen LogP contribution >= 0.6 is 0 Å². The summed E-state index contributed by atoms with van der Waals surface area (Å²) in [7, 11) is -3.34. The number of hydrogen-bond donors (Lipinski definition) is 0. The Balaban J connectivity index is 3.00. The van der Waals surface area contributed by atoms with Crippen molar-refractivity contribution in [2.75, 3.05) is 6.26 Å². The maximum atomic E-state index is 11.8. The number of aromatic nitrogens is 1. The van der Waals surface area contributed by atoms with Crippen LogP contribution in [0.25, 0.3) is 10.9 Å². The fourth-order valence-corrected chi connectivity index (χ4v) is 3.41. The number of benzene rings is 1. The van der Waals surface area contributed by atoms with Crippen molar-refractivity contribution >= 4 is 20.9 Å². The van der Waals surface area contributed by atoms with Crippen LogP contribution in [0.4, 0.5) is 0 Å². The van der Waals surface area contributed by atoms with E-state index in [1.54, 1.807) is 6.20 Å². The molecule has 0 N–H and O–H groups in total. The minimum Gasteiger partial charge on any atom is -0.245 e. The highest BCUT2D eigenvalue weighted by molar-refractivity contribution is 7.89. The summed E-state index contributed by atoms with van der Waals surface area (Å²) in [6.07, 6.45) is 3.06. The molecule has 0 aliphatic carbocycles. The Morgan fingerprint density at radius 3 is 2.37 bits per heavy atom.